The second-order valence-electron chi connectivity index (χ2n) is 3.67. The highest BCUT2D eigenvalue weighted by molar-refractivity contribution is 5.20. The molecule has 8 nitrogen and oxygen atoms in total. The van der Waals surface area contributed by atoms with Crippen molar-refractivity contribution in [1.82, 2.24) is 9.55 Å². The summed E-state index contributed by atoms with van der Waals surface area (Å²) in [6.07, 6.45) is 2.11. The van der Waals surface area contributed by atoms with E-state index in [0.29, 0.717) is 19.6 Å². The van der Waals surface area contributed by atoms with E-state index >= 15 is 0 Å². The molecule has 1 aromatic heterocycles. The van der Waals surface area contributed by atoms with Crippen LogP contribution >= 0.6 is 0 Å². The maximum absolute atomic E-state index is 11.5. The Morgan fingerprint density at radius 1 is 1.42 bits per heavy atom. The number of rotatable bonds is 8. The number of aromatic nitrogens is 2. The Balaban J connectivity index is 2.72. The summed E-state index contributed by atoms with van der Waals surface area (Å²) in [7, 11) is 0. The van der Waals surface area contributed by atoms with E-state index in [4.69, 9.17) is 9.47 Å². The molecule has 1 aromatic rings. The van der Waals surface area contributed by atoms with Crippen LogP contribution in [-0.2, 0) is 16.0 Å². The molecule has 1 rings (SSSR count). The summed E-state index contributed by atoms with van der Waals surface area (Å²) in [5, 5.41) is 10.6. The molecule has 0 saturated heterocycles. The first-order valence-electron chi connectivity index (χ1n) is 6.02. The van der Waals surface area contributed by atoms with Crippen molar-refractivity contribution in [2.75, 3.05) is 13.2 Å². The Bertz CT molecular complexity index is 468. The number of aryl methyl sites for hydroxylation is 1. The number of hydrogen-bond acceptors (Lipinski definition) is 6. The predicted octanol–water partition coefficient (Wildman–Crippen LogP) is 0.941. The first-order valence-corrected chi connectivity index (χ1v) is 6.02. The highest BCUT2D eigenvalue weighted by atomic mass is 16.7. The van der Waals surface area contributed by atoms with E-state index in [1.54, 1.807) is 0 Å². The summed E-state index contributed by atoms with van der Waals surface area (Å²) in [5.74, 6) is 0. The molecule has 0 saturated carbocycles. The summed E-state index contributed by atoms with van der Waals surface area (Å²) in [4.78, 5) is 24.9. The van der Waals surface area contributed by atoms with Crippen molar-refractivity contribution in [2.45, 2.75) is 33.1 Å². The molecule has 0 amide bonds. The van der Waals surface area contributed by atoms with Crippen LogP contribution in [0.1, 0.15) is 20.3 Å². The second-order valence-corrected chi connectivity index (χ2v) is 3.67. The fourth-order valence-electron chi connectivity index (χ4n) is 1.53. The maximum atomic E-state index is 11.5. The standard InChI is InChI=1S/C11H17N3O5/c1-3-18-10(19-4-2)5-6-13-8-9(14(16)17)7-12-11(13)15/h7-8,10H,3-6H2,1-2H3. The van der Waals surface area contributed by atoms with E-state index < -0.39 is 16.9 Å². The van der Waals surface area contributed by atoms with Crippen LogP contribution in [0.5, 0.6) is 0 Å². The highest BCUT2D eigenvalue weighted by Crippen LogP contribution is 2.07. The molecule has 0 unspecified atom stereocenters. The van der Waals surface area contributed by atoms with Gasteiger partial charge < -0.3 is 9.47 Å². The Labute approximate surface area is 110 Å². The lowest BCUT2D eigenvalue weighted by Gasteiger charge is -2.16. The lowest BCUT2D eigenvalue weighted by molar-refractivity contribution is -0.385. The summed E-state index contributed by atoms with van der Waals surface area (Å²) in [6, 6.07) is 0. The van der Waals surface area contributed by atoms with Crippen LogP contribution in [0.25, 0.3) is 0 Å². The SMILES string of the molecule is CCOC(CCn1cc([N+](=O)[O-])cnc1=O)OCC. The first kappa shape index (κ1) is 15.3. The van der Waals surface area contributed by atoms with Crippen molar-refractivity contribution in [3.8, 4) is 0 Å². The van der Waals surface area contributed by atoms with Gasteiger partial charge in [-0.2, -0.15) is 4.98 Å². The largest absolute Gasteiger partial charge is 0.353 e. The van der Waals surface area contributed by atoms with Crippen molar-refractivity contribution in [1.29, 1.82) is 0 Å². The van der Waals surface area contributed by atoms with E-state index in [1.165, 1.54) is 10.8 Å². The minimum absolute atomic E-state index is 0.219. The van der Waals surface area contributed by atoms with Crippen LogP contribution in [0, 0.1) is 10.1 Å². The molecule has 0 aliphatic carbocycles. The monoisotopic (exact) mass is 271 g/mol. The lowest BCUT2D eigenvalue weighted by Crippen LogP contribution is -2.26. The van der Waals surface area contributed by atoms with Gasteiger partial charge in [-0.3, -0.25) is 14.7 Å². The van der Waals surface area contributed by atoms with Gasteiger partial charge in [0.15, 0.2) is 6.29 Å². The maximum Gasteiger partial charge on any atom is 0.347 e. The van der Waals surface area contributed by atoms with Gasteiger partial charge in [-0.15, -0.1) is 0 Å². The average Bonchev–Trinajstić information content (AvgIpc) is 2.37. The van der Waals surface area contributed by atoms with Gasteiger partial charge in [-0.05, 0) is 13.8 Å². The third-order valence-corrected chi connectivity index (χ3v) is 2.36. The Hall–Kier alpha value is -1.80. The van der Waals surface area contributed by atoms with Crippen LogP contribution in [0.15, 0.2) is 17.2 Å². The zero-order valence-corrected chi connectivity index (χ0v) is 10.9. The fraction of sp³-hybridized carbons (Fsp3) is 0.636. The van der Waals surface area contributed by atoms with Gasteiger partial charge in [0.2, 0.25) is 0 Å². The van der Waals surface area contributed by atoms with Gasteiger partial charge in [0, 0.05) is 26.2 Å². The van der Waals surface area contributed by atoms with E-state index in [-0.39, 0.29) is 12.2 Å². The molecular weight excluding hydrogens is 254 g/mol. The molecule has 0 aromatic carbocycles. The number of ether oxygens (including phenoxy) is 2. The normalized spacial score (nSPS) is 10.9. The third kappa shape index (κ3) is 4.76. The number of nitrogens with zero attached hydrogens (tertiary/aromatic N) is 3. The summed E-state index contributed by atoms with van der Waals surface area (Å²) >= 11 is 0. The molecule has 0 N–H and O–H groups in total. The molecule has 106 valence electrons. The smallest absolute Gasteiger partial charge is 0.347 e. The Morgan fingerprint density at radius 2 is 2.05 bits per heavy atom. The molecule has 0 spiro atoms. The van der Waals surface area contributed by atoms with Gasteiger partial charge in [-0.1, -0.05) is 0 Å². The van der Waals surface area contributed by atoms with Crippen LogP contribution < -0.4 is 5.69 Å². The zero-order valence-electron chi connectivity index (χ0n) is 10.9. The Morgan fingerprint density at radius 3 is 2.58 bits per heavy atom. The average molecular weight is 271 g/mol. The minimum atomic E-state index is -0.592. The van der Waals surface area contributed by atoms with Crippen LogP contribution in [0.2, 0.25) is 0 Å². The van der Waals surface area contributed by atoms with Crippen molar-refractivity contribution in [2.24, 2.45) is 0 Å². The molecule has 0 fully saturated rings. The molecule has 0 radical (unpaired) electrons. The van der Waals surface area contributed by atoms with Crippen LogP contribution in [0.4, 0.5) is 5.69 Å². The van der Waals surface area contributed by atoms with Crippen molar-refractivity contribution in [3.63, 3.8) is 0 Å². The van der Waals surface area contributed by atoms with Gasteiger partial charge >= 0.3 is 11.4 Å². The highest BCUT2D eigenvalue weighted by Gasteiger charge is 2.12. The van der Waals surface area contributed by atoms with Crippen LogP contribution in [0.3, 0.4) is 0 Å². The molecule has 1 heterocycles. The van der Waals surface area contributed by atoms with E-state index in [2.05, 4.69) is 4.98 Å². The molecular formula is C11H17N3O5. The van der Waals surface area contributed by atoms with Crippen LogP contribution in [-0.4, -0.2) is 34.0 Å². The van der Waals surface area contributed by atoms with Gasteiger partial charge in [0.05, 0.1) is 11.1 Å². The number of hydrogen-bond donors (Lipinski definition) is 0. The summed E-state index contributed by atoms with van der Waals surface area (Å²) in [5.41, 5.74) is -0.749. The van der Waals surface area contributed by atoms with Crippen molar-refractivity contribution in [3.05, 3.63) is 33.0 Å². The van der Waals surface area contributed by atoms with E-state index in [0.717, 1.165) is 6.20 Å². The third-order valence-electron chi connectivity index (χ3n) is 2.36. The molecule has 0 bridgehead atoms. The molecule has 0 aliphatic heterocycles. The van der Waals surface area contributed by atoms with Crippen molar-refractivity contribution < 1.29 is 14.4 Å². The quantitative estimate of drug-likeness (QED) is 0.396. The van der Waals surface area contributed by atoms with Gasteiger partial charge in [0.1, 0.15) is 6.20 Å². The first-order chi connectivity index (χ1) is 9.08. The molecule has 0 aliphatic rings. The molecule has 19 heavy (non-hydrogen) atoms. The minimum Gasteiger partial charge on any atom is -0.353 e. The fourth-order valence-corrected chi connectivity index (χ4v) is 1.53. The van der Waals surface area contributed by atoms with E-state index in [9.17, 15) is 14.9 Å². The lowest BCUT2D eigenvalue weighted by atomic mass is 10.4. The molecule has 8 heteroatoms. The zero-order chi connectivity index (χ0) is 14.3. The summed E-state index contributed by atoms with van der Waals surface area (Å²) < 4.78 is 11.8. The van der Waals surface area contributed by atoms with Crippen molar-refractivity contribution >= 4 is 5.69 Å². The Kier molecular flexibility index (Phi) is 6.10. The predicted molar refractivity (Wildman–Crippen MR) is 66.8 cm³/mol. The van der Waals surface area contributed by atoms with Gasteiger partial charge in [0.25, 0.3) is 0 Å². The molecule has 0 atom stereocenters. The van der Waals surface area contributed by atoms with Gasteiger partial charge in [-0.25, -0.2) is 4.79 Å². The second kappa shape index (κ2) is 7.59. The summed E-state index contributed by atoms with van der Waals surface area (Å²) in [6.45, 7) is 4.91. The van der Waals surface area contributed by atoms with E-state index in [1.807, 2.05) is 13.8 Å². The topological polar surface area (TPSA) is 96.5 Å². The number of nitro groups is 1.